The minimum absolute atomic E-state index is 0.0435. The Hall–Kier alpha value is -3.83. The van der Waals surface area contributed by atoms with Crippen molar-refractivity contribution in [3.05, 3.63) is 99.4 Å². The van der Waals surface area contributed by atoms with Crippen LogP contribution in [0.3, 0.4) is 0 Å². The predicted octanol–water partition coefficient (Wildman–Crippen LogP) is 4.10. The highest BCUT2D eigenvalue weighted by molar-refractivity contribution is 7.87. The van der Waals surface area contributed by atoms with Crippen molar-refractivity contribution in [3.8, 4) is 5.75 Å². The van der Waals surface area contributed by atoms with Crippen molar-refractivity contribution in [2.45, 2.75) is 18.4 Å². The first kappa shape index (κ1) is 25.8. The maximum atomic E-state index is 13.1. The van der Waals surface area contributed by atoms with E-state index in [2.05, 4.69) is 0 Å². The molecule has 184 valence electrons. The fraction of sp³-hybridized carbons (Fsp3) is 0.208. The molecule has 0 radical (unpaired) electrons. The van der Waals surface area contributed by atoms with Crippen LogP contribution in [0.25, 0.3) is 0 Å². The zero-order valence-corrected chi connectivity index (χ0v) is 19.8. The van der Waals surface area contributed by atoms with Gasteiger partial charge < -0.3 is 13.8 Å². The maximum Gasteiger partial charge on any atom is 0.339 e. The van der Waals surface area contributed by atoms with Gasteiger partial charge in [0.15, 0.2) is 0 Å². The molecule has 0 bridgehead atoms. The van der Waals surface area contributed by atoms with Gasteiger partial charge in [-0.25, -0.2) is 4.39 Å². The Bertz CT molecular complexity index is 1310. The van der Waals surface area contributed by atoms with E-state index in [-0.39, 0.29) is 41.6 Å². The number of hydrogen-bond donors (Lipinski definition) is 0. The number of carbonyl (C=O) groups excluding carboxylic acids is 1. The van der Waals surface area contributed by atoms with Gasteiger partial charge in [-0.05, 0) is 55.0 Å². The molecule has 9 nitrogen and oxygen atoms in total. The smallest absolute Gasteiger partial charge is 0.339 e. The van der Waals surface area contributed by atoms with Crippen molar-refractivity contribution in [2.24, 2.45) is 0 Å². The molecule has 3 rings (SSSR count). The van der Waals surface area contributed by atoms with E-state index in [1.54, 1.807) is 19.1 Å². The number of nitrogens with zero attached hydrogens (tertiary/aromatic N) is 2. The Kier molecular flexibility index (Phi) is 8.15. The van der Waals surface area contributed by atoms with Gasteiger partial charge in [0.05, 0.1) is 11.5 Å². The number of carbonyl (C=O) groups is 1. The Morgan fingerprint density at radius 2 is 1.71 bits per heavy atom. The third kappa shape index (κ3) is 6.61. The largest absolute Gasteiger partial charge is 0.383 e. The lowest BCUT2D eigenvalue weighted by atomic mass is 10.1. The normalized spacial score (nSPS) is 11.2. The molecule has 0 unspecified atom stereocenters. The molecule has 0 aliphatic rings. The summed E-state index contributed by atoms with van der Waals surface area (Å²) in [7, 11) is -2.65. The van der Waals surface area contributed by atoms with Crippen LogP contribution in [0, 0.1) is 22.9 Å². The lowest BCUT2D eigenvalue weighted by molar-refractivity contribution is -0.385. The number of aryl methyl sites for hydroxylation is 1. The van der Waals surface area contributed by atoms with E-state index in [0.29, 0.717) is 11.1 Å². The van der Waals surface area contributed by atoms with E-state index in [0.717, 1.165) is 24.3 Å². The molecule has 1 amide bonds. The lowest BCUT2D eigenvalue weighted by Crippen LogP contribution is -2.33. The summed E-state index contributed by atoms with van der Waals surface area (Å²) in [5.74, 6) is -0.938. The summed E-state index contributed by atoms with van der Waals surface area (Å²) in [4.78, 5) is 25.1. The molecule has 0 aromatic heterocycles. The average Bonchev–Trinajstić information content (AvgIpc) is 2.82. The first-order valence-electron chi connectivity index (χ1n) is 10.4. The number of nitro benzene ring substituents is 1. The molecule has 0 spiro atoms. The van der Waals surface area contributed by atoms with Gasteiger partial charge in [-0.15, -0.1) is 0 Å². The van der Waals surface area contributed by atoms with Gasteiger partial charge in [0.1, 0.15) is 16.5 Å². The maximum absolute atomic E-state index is 13.1. The molecule has 3 aromatic carbocycles. The summed E-state index contributed by atoms with van der Waals surface area (Å²) < 4.78 is 48.0. The number of amides is 1. The molecule has 0 saturated carbocycles. The summed E-state index contributed by atoms with van der Waals surface area (Å²) in [5.41, 5.74) is 1.14. The molecule has 0 atom stereocenters. The Morgan fingerprint density at radius 1 is 1.06 bits per heavy atom. The average molecular weight is 503 g/mol. The van der Waals surface area contributed by atoms with Gasteiger partial charge in [0.2, 0.25) is 0 Å². The highest BCUT2D eigenvalue weighted by Crippen LogP contribution is 2.23. The third-order valence-corrected chi connectivity index (χ3v) is 6.37. The van der Waals surface area contributed by atoms with Crippen molar-refractivity contribution in [1.82, 2.24) is 4.90 Å². The van der Waals surface area contributed by atoms with Crippen LogP contribution in [0.5, 0.6) is 5.75 Å². The van der Waals surface area contributed by atoms with Gasteiger partial charge in [-0.2, -0.15) is 8.42 Å². The predicted molar refractivity (Wildman–Crippen MR) is 125 cm³/mol. The molecular weight excluding hydrogens is 479 g/mol. The number of nitro groups is 1. The molecule has 0 fully saturated rings. The summed E-state index contributed by atoms with van der Waals surface area (Å²) in [6, 6.07) is 14.6. The van der Waals surface area contributed by atoms with E-state index in [4.69, 9.17) is 8.92 Å². The Balaban J connectivity index is 1.77. The summed E-state index contributed by atoms with van der Waals surface area (Å²) in [6.07, 6.45) is 0. The van der Waals surface area contributed by atoms with Crippen LogP contribution in [-0.2, 0) is 21.4 Å². The zero-order valence-electron chi connectivity index (χ0n) is 19.0. The SMILES string of the molecule is COCCN(Cc1ccc(OS(=O)(=O)c2ccc(F)cc2)cc1)C(=O)c1ccc(C)c([N+](=O)[O-])c1. The molecule has 35 heavy (non-hydrogen) atoms. The van der Waals surface area contributed by atoms with E-state index in [1.807, 2.05) is 0 Å². The van der Waals surface area contributed by atoms with Crippen LogP contribution in [0.2, 0.25) is 0 Å². The number of ether oxygens (including phenoxy) is 1. The molecule has 0 N–H and O–H groups in total. The molecule has 0 heterocycles. The van der Waals surface area contributed by atoms with E-state index < -0.39 is 26.8 Å². The van der Waals surface area contributed by atoms with Crippen molar-refractivity contribution < 1.29 is 31.4 Å². The number of halogens is 1. The standard InChI is InChI=1S/C24H23FN2O7S/c1-17-3-6-19(15-23(17)27(29)30)24(28)26(13-14-33-2)16-18-4-9-21(10-5-18)34-35(31,32)22-11-7-20(25)8-12-22/h3-12,15H,13-14,16H2,1-2H3. The molecule has 11 heteroatoms. The second-order valence-electron chi connectivity index (χ2n) is 7.61. The first-order valence-corrected chi connectivity index (χ1v) is 11.8. The van der Waals surface area contributed by atoms with Gasteiger partial charge in [0.25, 0.3) is 11.6 Å². The summed E-state index contributed by atoms with van der Waals surface area (Å²) in [5, 5.41) is 11.3. The number of methoxy groups -OCH3 is 1. The zero-order chi connectivity index (χ0) is 25.6. The number of rotatable bonds is 10. The number of benzene rings is 3. The van der Waals surface area contributed by atoms with Gasteiger partial charge >= 0.3 is 10.1 Å². The first-order chi connectivity index (χ1) is 16.6. The van der Waals surface area contributed by atoms with E-state index in [1.165, 1.54) is 42.3 Å². The van der Waals surface area contributed by atoms with E-state index in [9.17, 15) is 27.7 Å². The monoisotopic (exact) mass is 502 g/mol. The second-order valence-corrected chi connectivity index (χ2v) is 9.16. The van der Waals surface area contributed by atoms with Crippen molar-refractivity contribution in [3.63, 3.8) is 0 Å². The summed E-state index contributed by atoms with van der Waals surface area (Å²) >= 11 is 0. The topological polar surface area (TPSA) is 116 Å². The Labute approximate surface area is 202 Å². The molecule has 0 aliphatic carbocycles. The van der Waals surface area contributed by atoms with Crippen LogP contribution in [0.4, 0.5) is 10.1 Å². The molecule has 3 aromatic rings. The fourth-order valence-electron chi connectivity index (χ4n) is 3.22. The van der Waals surface area contributed by atoms with Gasteiger partial charge in [-0.3, -0.25) is 14.9 Å². The quantitative estimate of drug-likeness (QED) is 0.233. The van der Waals surface area contributed by atoms with E-state index >= 15 is 0 Å². The lowest BCUT2D eigenvalue weighted by Gasteiger charge is -2.23. The number of hydrogen-bond acceptors (Lipinski definition) is 7. The van der Waals surface area contributed by atoms with Crippen LogP contribution >= 0.6 is 0 Å². The van der Waals surface area contributed by atoms with Gasteiger partial charge in [0, 0.05) is 37.4 Å². The van der Waals surface area contributed by atoms with Crippen molar-refractivity contribution in [2.75, 3.05) is 20.3 Å². The highest BCUT2D eigenvalue weighted by Gasteiger charge is 2.21. The molecule has 0 aliphatic heterocycles. The Morgan fingerprint density at radius 3 is 2.31 bits per heavy atom. The van der Waals surface area contributed by atoms with Crippen LogP contribution in [0.15, 0.2) is 71.6 Å². The molecular formula is C24H23FN2O7S. The van der Waals surface area contributed by atoms with Crippen molar-refractivity contribution in [1.29, 1.82) is 0 Å². The second kappa shape index (κ2) is 11.1. The van der Waals surface area contributed by atoms with Crippen LogP contribution < -0.4 is 4.18 Å². The van der Waals surface area contributed by atoms with Crippen LogP contribution in [-0.4, -0.2) is 44.4 Å². The highest BCUT2D eigenvalue weighted by atomic mass is 32.2. The minimum Gasteiger partial charge on any atom is -0.383 e. The van der Waals surface area contributed by atoms with Crippen molar-refractivity contribution >= 4 is 21.7 Å². The summed E-state index contributed by atoms with van der Waals surface area (Å²) in [6.45, 7) is 2.22. The fourth-order valence-corrected chi connectivity index (χ4v) is 4.15. The van der Waals surface area contributed by atoms with Crippen LogP contribution in [0.1, 0.15) is 21.5 Å². The van der Waals surface area contributed by atoms with Gasteiger partial charge in [-0.1, -0.05) is 18.2 Å². The third-order valence-electron chi connectivity index (χ3n) is 5.11. The minimum atomic E-state index is -4.14. The molecule has 0 saturated heterocycles.